The van der Waals surface area contributed by atoms with Gasteiger partial charge >= 0.3 is 0 Å². The minimum atomic E-state index is -3.63. The number of thioether (sulfide) groups is 1. The topological polar surface area (TPSA) is 52.6 Å². The SMILES string of the molecule is CN(C)CCCNc1ccc2c(c1)N(S(=O)(=O)c1ccc3ccccc3c1)CCS2. The summed E-state index contributed by atoms with van der Waals surface area (Å²) in [5.74, 6) is 0.745. The molecule has 158 valence electrons. The van der Waals surface area contributed by atoms with Gasteiger partial charge in [-0.1, -0.05) is 30.3 Å². The molecule has 30 heavy (non-hydrogen) atoms. The number of anilines is 2. The fraction of sp³-hybridized carbons (Fsp3) is 0.304. The van der Waals surface area contributed by atoms with Crippen LogP contribution in [0.3, 0.4) is 0 Å². The molecule has 0 aliphatic carbocycles. The molecule has 0 spiro atoms. The molecule has 0 saturated carbocycles. The van der Waals surface area contributed by atoms with Crippen molar-refractivity contribution in [3.05, 3.63) is 60.7 Å². The van der Waals surface area contributed by atoms with Crippen molar-refractivity contribution in [3.8, 4) is 0 Å². The van der Waals surface area contributed by atoms with Crippen LogP contribution in [-0.2, 0) is 10.0 Å². The van der Waals surface area contributed by atoms with Gasteiger partial charge in [-0.2, -0.15) is 0 Å². The Labute approximate surface area is 183 Å². The van der Waals surface area contributed by atoms with E-state index in [4.69, 9.17) is 0 Å². The average molecular weight is 442 g/mol. The molecule has 1 aliphatic rings. The molecule has 5 nitrogen and oxygen atoms in total. The van der Waals surface area contributed by atoms with Gasteiger partial charge in [0.2, 0.25) is 0 Å². The fourth-order valence-corrected chi connectivity index (χ4v) is 6.30. The Morgan fingerprint density at radius 3 is 2.63 bits per heavy atom. The van der Waals surface area contributed by atoms with Crippen LogP contribution in [0.25, 0.3) is 10.8 Å². The second-order valence-corrected chi connectivity index (χ2v) is 10.7. The van der Waals surface area contributed by atoms with Gasteiger partial charge in [0, 0.05) is 29.4 Å². The molecule has 0 saturated heterocycles. The van der Waals surface area contributed by atoms with Crippen molar-refractivity contribution in [2.24, 2.45) is 0 Å². The van der Waals surface area contributed by atoms with E-state index < -0.39 is 10.0 Å². The highest BCUT2D eigenvalue weighted by atomic mass is 32.2. The summed E-state index contributed by atoms with van der Waals surface area (Å²) in [6, 6.07) is 19.2. The Morgan fingerprint density at radius 2 is 1.83 bits per heavy atom. The molecular formula is C23H27N3O2S2. The van der Waals surface area contributed by atoms with Gasteiger partial charge in [-0.05, 0) is 68.2 Å². The summed E-state index contributed by atoms with van der Waals surface area (Å²) in [6.45, 7) is 2.33. The van der Waals surface area contributed by atoms with Crippen LogP contribution in [0.1, 0.15) is 6.42 Å². The predicted molar refractivity (Wildman–Crippen MR) is 127 cm³/mol. The van der Waals surface area contributed by atoms with Crippen LogP contribution >= 0.6 is 11.8 Å². The van der Waals surface area contributed by atoms with Gasteiger partial charge in [-0.3, -0.25) is 4.31 Å². The maximum absolute atomic E-state index is 13.5. The van der Waals surface area contributed by atoms with Gasteiger partial charge in [0.05, 0.1) is 10.6 Å². The Bertz CT molecular complexity index is 1150. The Morgan fingerprint density at radius 1 is 1.03 bits per heavy atom. The quantitative estimate of drug-likeness (QED) is 0.547. The highest BCUT2D eigenvalue weighted by Crippen LogP contribution is 2.39. The number of nitrogens with one attached hydrogen (secondary N) is 1. The highest BCUT2D eigenvalue weighted by Gasteiger charge is 2.30. The third-order valence-electron chi connectivity index (χ3n) is 5.20. The Hall–Kier alpha value is -2.22. The second-order valence-electron chi connectivity index (χ2n) is 7.70. The molecule has 1 heterocycles. The first-order valence-corrected chi connectivity index (χ1v) is 12.5. The minimum Gasteiger partial charge on any atom is -0.385 e. The van der Waals surface area contributed by atoms with E-state index in [2.05, 4.69) is 24.3 Å². The lowest BCUT2D eigenvalue weighted by Crippen LogP contribution is -2.35. The molecule has 0 unspecified atom stereocenters. The standard InChI is InChI=1S/C23H27N3O2S2/c1-25(2)13-5-12-24-20-9-11-23-22(17-20)26(14-15-29-23)30(27,28)21-10-8-18-6-3-4-7-19(18)16-21/h3-4,6-11,16-17,24H,5,12-15H2,1-2H3. The summed E-state index contributed by atoms with van der Waals surface area (Å²) in [5, 5.41) is 5.40. The summed E-state index contributed by atoms with van der Waals surface area (Å²) in [4.78, 5) is 3.50. The molecule has 0 aromatic heterocycles. The monoisotopic (exact) mass is 441 g/mol. The first-order chi connectivity index (χ1) is 14.4. The number of sulfonamides is 1. The Kier molecular flexibility index (Phi) is 6.22. The molecule has 0 bridgehead atoms. The lowest BCUT2D eigenvalue weighted by molar-refractivity contribution is 0.405. The van der Waals surface area contributed by atoms with Crippen molar-refractivity contribution in [1.29, 1.82) is 0 Å². The number of hydrogen-bond acceptors (Lipinski definition) is 5. The van der Waals surface area contributed by atoms with E-state index in [9.17, 15) is 8.42 Å². The molecule has 0 radical (unpaired) electrons. The summed E-state index contributed by atoms with van der Waals surface area (Å²) < 4.78 is 28.6. The molecule has 3 aromatic rings. The van der Waals surface area contributed by atoms with Gasteiger partial charge in [0.25, 0.3) is 10.0 Å². The third kappa shape index (κ3) is 4.43. The summed E-state index contributed by atoms with van der Waals surface area (Å²) in [7, 11) is 0.488. The van der Waals surface area contributed by atoms with Gasteiger partial charge in [0.1, 0.15) is 0 Å². The van der Waals surface area contributed by atoms with Crippen LogP contribution in [0.2, 0.25) is 0 Å². The van der Waals surface area contributed by atoms with Gasteiger partial charge in [0.15, 0.2) is 0 Å². The van der Waals surface area contributed by atoms with E-state index in [0.717, 1.165) is 52.3 Å². The van der Waals surface area contributed by atoms with Crippen LogP contribution in [0.4, 0.5) is 11.4 Å². The summed E-state index contributed by atoms with van der Waals surface area (Å²) in [5.41, 5.74) is 1.71. The van der Waals surface area contributed by atoms with Crippen molar-refractivity contribution in [2.45, 2.75) is 16.2 Å². The molecule has 0 amide bonds. The van der Waals surface area contributed by atoms with Crippen molar-refractivity contribution in [1.82, 2.24) is 4.90 Å². The zero-order valence-corrected chi connectivity index (χ0v) is 19.0. The first-order valence-electron chi connectivity index (χ1n) is 10.1. The van der Waals surface area contributed by atoms with Crippen molar-refractivity contribution in [2.75, 3.05) is 49.1 Å². The predicted octanol–water partition coefficient (Wildman–Crippen LogP) is 4.50. The van der Waals surface area contributed by atoms with Gasteiger partial charge < -0.3 is 10.2 Å². The van der Waals surface area contributed by atoms with Crippen LogP contribution in [0, 0.1) is 0 Å². The maximum Gasteiger partial charge on any atom is 0.264 e. The molecule has 3 aromatic carbocycles. The number of rotatable bonds is 7. The molecule has 1 N–H and O–H groups in total. The lowest BCUT2D eigenvalue weighted by Gasteiger charge is -2.30. The maximum atomic E-state index is 13.5. The van der Waals surface area contributed by atoms with Crippen LogP contribution in [0.5, 0.6) is 0 Å². The molecule has 0 fully saturated rings. The van der Waals surface area contributed by atoms with Crippen molar-refractivity contribution < 1.29 is 8.42 Å². The zero-order valence-electron chi connectivity index (χ0n) is 17.3. The third-order valence-corrected chi connectivity index (χ3v) is 8.05. The Balaban J connectivity index is 1.62. The number of nitrogens with zero attached hydrogens (tertiary/aromatic N) is 2. The average Bonchev–Trinajstić information content (AvgIpc) is 2.75. The molecule has 4 rings (SSSR count). The normalized spacial score (nSPS) is 14.2. The zero-order chi connectivity index (χ0) is 21.1. The second kappa shape index (κ2) is 8.88. The van der Waals surface area contributed by atoms with Crippen LogP contribution < -0.4 is 9.62 Å². The minimum absolute atomic E-state index is 0.336. The van der Waals surface area contributed by atoms with Crippen molar-refractivity contribution >= 4 is 43.9 Å². The summed E-state index contributed by atoms with van der Waals surface area (Å²) >= 11 is 1.71. The number of hydrogen-bond donors (Lipinski definition) is 1. The van der Waals surface area contributed by atoms with E-state index in [0.29, 0.717) is 11.4 Å². The van der Waals surface area contributed by atoms with Crippen LogP contribution in [-0.4, -0.2) is 52.8 Å². The smallest absolute Gasteiger partial charge is 0.264 e. The van der Waals surface area contributed by atoms with Crippen LogP contribution in [0.15, 0.2) is 70.5 Å². The van der Waals surface area contributed by atoms with E-state index in [1.165, 1.54) is 0 Å². The number of benzene rings is 3. The summed E-state index contributed by atoms with van der Waals surface area (Å²) in [6.07, 6.45) is 1.03. The van der Waals surface area contributed by atoms with Gasteiger partial charge in [-0.15, -0.1) is 11.8 Å². The van der Waals surface area contributed by atoms with E-state index in [1.807, 2.05) is 48.5 Å². The van der Waals surface area contributed by atoms with E-state index in [-0.39, 0.29) is 0 Å². The lowest BCUT2D eigenvalue weighted by atomic mass is 10.1. The van der Waals surface area contributed by atoms with E-state index in [1.54, 1.807) is 28.2 Å². The number of fused-ring (bicyclic) bond motifs is 2. The molecule has 1 aliphatic heterocycles. The van der Waals surface area contributed by atoms with Gasteiger partial charge in [-0.25, -0.2) is 8.42 Å². The fourth-order valence-electron chi connectivity index (χ4n) is 3.64. The molecule has 7 heteroatoms. The largest absolute Gasteiger partial charge is 0.385 e. The highest BCUT2D eigenvalue weighted by molar-refractivity contribution is 8.00. The van der Waals surface area contributed by atoms with E-state index >= 15 is 0 Å². The molecule has 0 atom stereocenters. The first kappa shape index (κ1) is 21.0. The molecular weight excluding hydrogens is 414 g/mol. The van der Waals surface area contributed by atoms with Crippen molar-refractivity contribution in [3.63, 3.8) is 0 Å².